The van der Waals surface area contributed by atoms with Crippen molar-refractivity contribution in [3.63, 3.8) is 0 Å². The van der Waals surface area contributed by atoms with Gasteiger partial charge in [0.05, 0.1) is 11.7 Å². The van der Waals surface area contributed by atoms with Gasteiger partial charge in [-0.25, -0.2) is 9.69 Å². The van der Waals surface area contributed by atoms with Crippen LogP contribution in [0.5, 0.6) is 0 Å². The SMILES string of the molecule is CC(C)[C@@H](NC(=O)OC(C)(C)C)C(=O)N(C(=O)[C@@H]1CCCN1)c1ccc(-c2cc3cc(NC(=O)[C@@H]4CCCN4C(=O)[C@@H](c4ccccc4)N(C)C)ccc3[nH]2)cc1. The lowest BCUT2D eigenvalue weighted by Crippen LogP contribution is -2.56. The maximum Gasteiger partial charge on any atom is 0.408 e. The number of aromatic amines is 1. The third kappa shape index (κ3) is 9.54. The molecule has 57 heavy (non-hydrogen) atoms. The molecule has 6 rings (SSSR count). The van der Waals surface area contributed by atoms with E-state index in [0.29, 0.717) is 37.3 Å². The molecule has 4 atom stereocenters. The van der Waals surface area contributed by atoms with E-state index in [1.165, 1.54) is 4.90 Å². The minimum Gasteiger partial charge on any atom is -0.444 e. The Morgan fingerprint density at radius 2 is 1.61 bits per heavy atom. The fourth-order valence-electron chi connectivity index (χ4n) is 7.64. The van der Waals surface area contributed by atoms with Crippen LogP contribution < -0.4 is 20.9 Å². The Bertz CT molecular complexity index is 2080. The standard InChI is InChI=1S/C44H55N7O6/c1-27(2)37(48-43(56)57-44(3,4)5)41(54)51(40(53)34-15-11-23-45-34)32-20-17-28(18-21-32)35-26-30-25-31(19-22-33(30)47-35)46-39(52)36-16-12-24-50(36)42(55)38(49(6)7)29-13-9-8-10-14-29/h8-10,13-14,17-22,25-27,34,36-38,45,47H,11-12,15-16,23-24H2,1-7H3,(H,46,52)(H,48,56)/t34-,36-,37+,38+/m0/s1. The fourth-order valence-corrected chi connectivity index (χ4v) is 7.64. The van der Waals surface area contributed by atoms with Crippen LogP contribution in [0.2, 0.25) is 0 Å². The Hall–Kier alpha value is -5.53. The number of hydrogen-bond acceptors (Lipinski definition) is 8. The van der Waals surface area contributed by atoms with Crippen LogP contribution >= 0.6 is 0 Å². The van der Waals surface area contributed by atoms with Gasteiger partial charge >= 0.3 is 6.09 Å². The molecule has 4 aromatic rings. The maximum atomic E-state index is 14.2. The van der Waals surface area contributed by atoms with Crippen molar-refractivity contribution in [2.75, 3.05) is 37.4 Å². The van der Waals surface area contributed by atoms with Gasteiger partial charge < -0.3 is 30.6 Å². The van der Waals surface area contributed by atoms with Crippen molar-refractivity contribution in [3.05, 3.63) is 84.4 Å². The first-order valence-electron chi connectivity index (χ1n) is 19.8. The number of ether oxygens (including phenoxy) is 1. The van der Waals surface area contributed by atoms with Gasteiger partial charge in [-0.2, -0.15) is 0 Å². The number of anilines is 2. The van der Waals surface area contributed by atoms with E-state index in [9.17, 15) is 24.0 Å². The number of amides is 5. The predicted octanol–water partition coefficient (Wildman–Crippen LogP) is 6.23. The largest absolute Gasteiger partial charge is 0.444 e. The molecule has 302 valence electrons. The number of hydrogen-bond donors (Lipinski definition) is 4. The zero-order chi connectivity index (χ0) is 41.0. The third-order valence-electron chi connectivity index (χ3n) is 10.4. The van der Waals surface area contributed by atoms with E-state index >= 15 is 0 Å². The van der Waals surface area contributed by atoms with Crippen molar-refractivity contribution in [2.24, 2.45) is 5.92 Å². The quantitative estimate of drug-likeness (QED) is 0.140. The van der Waals surface area contributed by atoms with E-state index < -0.39 is 41.8 Å². The average Bonchev–Trinajstić information content (AvgIpc) is 3.95. The molecule has 4 N–H and O–H groups in total. The molecule has 3 heterocycles. The highest BCUT2D eigenvalue weighted by Crippen LogP contribution is 2.31. The Morgan fingerprint density at radius 1 is 0.895 bits per heavy atom. The number of carbonyl (C=O) groups is 5. The maximum absolute atomic E-state index is 14.2. The lowest BCUT2D eigenvalue weighted by atomic mass is 10.0. The summed E-state index contributed by atoms with van der Waals surface area (Å²) in [7, 11) is 3.75. The van der Waals surface area contributed by atoms with Crippen molar-refractivity contribution in [1.82, 2.24) is 25.4 Å². The molecule has 2 fully saturated rings. The highest BCUT2D eigenvalue weighted by Gasteiger charge is 2.39. The number of benzene rings is 3. The van der Waals surface area contributed by atoms with Gasteiger partial charge in [-0.15, -0.1) is 0 Å². The first kappa shape index (κ1) is 41.1. The topological polar surface area (TPSA) is 156 Å². The lowest BCUT2D eigenvalue weighted by Gasteiger charge is -2.31. The monoisotopic (exact) mass is 777 g/mol. The minimum atomic E-state index is -1.00. The summed E-state index contributed by atoms with van der Waals surface area (Å²) in [5.41, 5.74) is 3.61. The van der Waals surface area contributed by atoms with Crippen molar-refractivity contribution >= 4 is 52.0 Å². The number of H-pyrrole nitrogens is 1. The van der Waals surface area contributed by atoms with Gasteiger partial charge in [-0.05, 0) is 121 Å². The zero-order valence-electron chi connectivity index (χ0n) is 33.9. The molecule has 0 unspecified atom stereocenters. The molecule has 2 aliphatic heterocycles. The second-order valence-corrected chi connectivity index (χ2v) is 16.5. The van der Waals surface area contributed by atoms with Crippen LogP contribution in [0.25, 0.3) is 22.2 Å². The second kappa shape index (κ2) is 17.3. The summed E-state index contributed by atoms with van der Waals surface area (Å²) in [5.74, 6) is -1.56. The number of rotatable bonds is 11. The van der Waals surface area contributed by atoms with Crippen molar-refractivity contribution < 1.29 is 28.7 Å². The van der Waals surface area contributed by atoms with E-state index in [1.807, 2.05) is 99.6 Å². The molecular formula is C44H55N7O6. The molecule has 3 aromatic carbocycles. The number of carbonyl (C=O) groups excluding carboxylic acids is 5. The van der Waals surface area contributed by atoms with Crippen molar-refractivity contribution in [1.29, 1.82) is 0 Å². The summed E-state index contributed by atoms with van der Waals surface area (Å²) in [6.45, 7) is 10.1. The summed E-state index contributed by atoms with van der Waals surface area (Å²) >= 11 is 0. The van der Waals surface area contributed by atoms with Crippen LogP contribution in [-0.2, 0) is 23.9 Å². The molecule has 13 nitrogen and oxygen atoms in total. The second-order valence-electron chi connectivity index (χ2n) is 16.5. The van der Waals surface area contributed by atoms with Crippen molar-refractivity contribution in [2.45, 2.75) is 90.1 Å². The predicted molar refractivity (Wildman–Crippen MR) is 221 cm³/mol. The summed E-state index contributed by atoms with van der Waals surface area (Å²) in [5, 5.41) is 9.82. The molecule has 0 spiro atoms. The van der Waals surface area contributed by atoms with E-state index in [0.717, 1.165) is 40.6 Å². The van der Waals surface area contributed by atoms with Crippen molar-refractivity contribution in [3.8, 4) is 11.3 Å². The number of fused-ring (bicyclic) bond motifs is 1. The molecule has 0 radical (unpaired) electrons. The van der Waals surface area contributed by atoms with Gasteiger partial charge in [0.15, 0.2) is 0 Å². The molecular weight excluding hydrogens is 723 g/mol. The van der Waals surface area contributed by atoms with E-state index in [1.54, 1.807) is 37.8 Å². The van der Waals surface area contributed by atoms with Crippen LogP contribution in [0, 0.1) is 5.92 Å². The molecule has 2 aliphatic rings. The zero-order valence-corrected chi connectivity index (χ0v) is 33.9. The minimum absolute atomic E-state index is 0.0927. The Morgan fingerprint density at radius 3 is 2.25 bits per heavy atom. The highest BCUT2D eigenvalue weighted by atomic mass is 16.6. The molecule has 0 aliphatic carbocycles. The van der Waals surface area contributed by atoms with E-state index in [2.05, 4.69) is 20.9 Å². The van der Waals surface area contributed by atoms with Gasteiger partial charge in [0.2, 0.25) is 11.8 Å². The van der Waals surface area contributed by atoms with E-state index in [4.69, 9.17) is 4.74 Å². The van der Waals surface area contributed by atoms with Gasteiger partial charge in [-0.1, -0.05) is 56.3 Å². The number of alkyl carbamates (subject to hydrolysis) is 1. The number of likely N-dealkylation sites (N-methyl/N-ethyl adjacent to an activating group) is 1. The molecule has 0 saturated carbocycles. The van der Waals surface area contributed by atoms with Gasteiger partial charge in [0.1, 0.15) is 23.7 Å². The normalized spacial score (nSPS) is 18.1. The molecule has 5 amide bonds. The molecule has 1 aromatic heterocycles. The smallest absolute Gasteiger partial charge is 0.408 e. The summed E-state index contributed by atoms with van der Waals surface area (Å²) in [6, 6.07) is 21.8. The molecule has 2 saturated heterocycles. The number of imide groups is 1. The summed E-state index contributed by atoms with van der Waals surface area (Å²) in [6.07, 6.45) is 2.02. The van der Waals surface area contributed by atoms with Gasteiger partial charge in [-0.3, -0.25) is 24.1 Å². The number of likely N-dealkylation sites (tertiary alicyclic amines) is 1. The summed E-state index contributed by atoms with van der Waals surface area (Å²) < 4.78 is 5.44. The van der Waals surface area contributed by atoms with E-state index in [-0.39, 0.29) is 23.6 Å². The van der Waals surface area contributed by atoms with Gasteiger partial charge in [0.25, 0.3) is 11.8 Å². The summed E-state index contributed by atoms with van der Waals surface area (Å²) in [4.78, 5) is 76.5. The molecule has 0 bridgehead atoms. The first-order chi connectivity index (χ1) is 27.1. The Balaban J connectivity index is 1.19. The third-order valence-corrected chi connectivity index (χ3v) is 10.4. The first-order valence-corrected chi connectivity index (χ1v) is 19.8. The van der Waals surface area contributed by atoms with Crippen LogP contribution in [0.3, 0.4) is 0 Å². The molecule has 13 heteroatoms. The van der Waals surface area contributed by atoms with Gasteiger partial charge in [0, 0.05) is 28.8 Å². The number of nitrogens with zero attached hydrogens (tertiary/aromatic N) is 3. The lowest BCUT2D eigenvalue weighted by molar-refractivity contribution is -0.140. The fraction of sp³-hybridized carbons (Fsp3) is 0.432. The van der Waals surface area contributed by atoms with Crippen LogP contribution in [0.15, 0.2) is 78.9 Å². The number of nitrogens with one attached hydrogen (secondary N) is 4. The highest BCUT2D eigenvalue weighted by molar-refractivity contribution is 6.18. The van der Waals surface area contributed by atoms with Crippen LogP contribution in [0.1, 0.15) is 71.9 Å². The Labute approximate surface area is 334 Å². The van der Waals surface area contributed by atoms with Crippen LogP contribution in [0.4, 0.5) is 16.2 Å². The Kier molecular flexibility index (Phi) is 12.5. The van der Waals surface area contributed by atoms with Crippen LogP contribution in [-0.4, -0.2) is 95.4 Å². The number of aromatic nitrogens is 1. The average molecular weight is 778 g/mol.